The Morgan fingerprint density at radius 1 is 1.08 bits per heavy atom. The van der Waals surface area contributed by atoms with E-state index in [-0.39, 0.29) is 5.41 Å². The van der Waals surface area contributed by atoms with Crippen molar-refractivity contribution < 1.29 is 5.11 Å². The van der Waals surface area contributed by atoms with Gasteiger partial charge in [-0.1, -0.05) is 54.1 Å². The topological polar surface area (TPSA) is 20.2 Å². The summed E-state index contributed by atoms with van der Waals surface area (Å²) in [5.74, 6) is 0.580. The van der Waals surface area contributed by atoms with Crippen LogP contribution in [0.15, 0.2) is 48.5 Å². The normalized spacial score (nSPS) is 32.0. The van der Waals surface area contributed by atoms with E-state index < -0.39 is 5.60 Å². The van der Waals surface area contributed by atoms with Crippen LogP contribution >= 0.6 is 0 Å². The fourth-order valence-corrected chi connectivity index (χ4v) is 5.29. The van der Waals surface area contributed by atoms with Crippen molar-refractivity contribution in [2.75, 3.05) is 0 Å². The summed E-state index contributed by atoms with van der Waals surface area (Å²) < 4.78 is 0. The average molecular weight is 320 g/mol. The molecule has 0 spiro atoms. The molecule has 2 aromatic carbocycles. The van der Waals surface area contributed by atoms with Gasteiger partial charge in [0.05, 0.1) is 5.60 Å². The number of fused-ring (bicyclic) bond motifs is 3. The van der Waals surface area contributed by atoms with Crippen LogP contribution in [-0.2, 0) is 18.3 Å². The summed E-state index contributed by atoms with van der Waals surface area (Å²) in [5, 5.41) is 10.7. The van der Waals surface area contributed by atoms with Gasteiger partial charge in [0.15, 0.2) is 0 Å². The van der Waals surface area contributed by atoms with Gasteiger partial charge in [0.1, 0.15) is 0 Å². The molecule has 0 heterocycles. The molecule has 1 unspecified atom stereocenters. The van der Waals surface area contributed by atoms with E-state index in [1.807, 2.05) is 6.92 Å². The van der Waals surface area contributed by atoms with Crippen LogP contribution in [0.2, 0.25) is 0 Å². The van der Waals surface area contributed by atoms with Crippen molar-refractivity contribution in [3.63, 3.8) is 0 Å². The first-order valence-electron chi connectivity index (χ1n) is 9.35. The third-order valence-corrected chi connectivity index (χ3v) is 6.50. The molecule has 1 saturated carbocycles. The first-order valence-corrected chi connectivity index (χ1v) is 9.35. The Bertz CT molecular complexity index is 731. The zero-order chi connectivity index (χ0) is 16.8. The number of hydrogen-bond donors (Lipinski definition) is 1. The van der Waals surface area contributed by atoms with E-state index in [4.69, 9.17) is 0 Å². The zero-order valence-corrected chi connectivity index (χ0v) is 14.9. The number of aliphatic hydroxyl groups is 1. The molecule has 1 N–H and O–H groups in total. The highest BCUT2D eigenvalue weighted by atomic mass is 16.3. The van der Waals surface area contributed by atoms with E-state index in [1.165, 1.54) is 17.5 Å². The maximum Gasteiger partial charge on any atom is 0.0623 e. The molecule has 1 nitrogen and oxygen atoms in total. The molecular formula is C23H28O. The van der Waals surface area contributed by atoms with Gasteiger partial charge in [0.25, 0.3) is 0 Å². The summed E-state index contributed by atoms with van der Waals surface area (Å²) >= 11 is 0. The molecule has 2 aliphatic rings. The lowest BCUT2D eigenvalue weighted by molar-refractivity contribution is -0.0367. The van der Waals surface area contributed by atoms with Crippen LogP contribution in [0.5, 0.6) is 0 Å². The Balaban J connectivity index is 1.81. The second kappa shape index (κ2) is 5.74. The summed E-state index contributed by atoms with van der Waals surface area (Å²) in [6.07, 6.45) is 6.41. The van der Waals surface area contributed by atoms with E-state index >= 15 is 0 Å². The van der Waals surface area contributed by atoms with Gasteiger partial charge in [0.2, 0.25) is 0 Å². The molecular weight excluding hydrogens is 292 g/mol. The van der Waals surface area contributed by atoms with Crippen molar-refractivity contribution in [3.8, 4) is 0 Å². The smallest absolute Gasteiger partial charge is 0.0623 e. The number of rotatable bonds is 2. The largest absolute Gasteiger partial charge is 0.390 e. The molecule has 1 fully saturated rings. The lowest BCUT2D eigenvalue weighted by Crippen LogP contribution is -2.50. The Labute approximate surface area is 145 Å². The van der Waals surface area contributed by atoms with E-state index in [9.17, 15) is 5.11 Å². The van der Waals surface area contributed by atoms with Crippen LogP contribution in [0.3, 0.4) is 0 Å². The Kier molecular flexibility index (Phi) is 3.80. The molecule has 1 heteroatoms. The Morgan fingerprint density at radius 2 is 1.88 bits per heavy atom. The van der Waals surface area contributed by atoms with Crippen LogP contribution < -0.4 is 0 Å². The van der Waals surface area contributed by atoms with Crippen LogP contribution in [-0.4, -0.2) is 10.7 Å². The van der Waals surface area contributed by atoms with Gasteiger partial charge in [-0.3, -0.25) is 0 Å². The molecule has 2 aliphatic carbocycles. The minimum atomic E-state index is -0.493. The van der Waals surface area contributed by atoms with Crippen molar-refractivity contribution in [2.45, 2.75) is 63.4 Å². The van der Waals surface area contributed by atoms with Gasteiger partial charge >= 0.3 is 0 Å². The molecule has 126 valence electrons. The van der Waals surface area contributed by atoms with Crippen LogP contribution in [0.4, 0.5) is 0 Å². The van der Waals surface area contributed by atoms with Crippen molar-refractivity contribution >= 4 is 0 Å². The van der Waals surface area contributed by atoms with Gasteiger partial charge < -0.3 is 5.11 Å². The molecule has 0 amide bonds. The fraction of sp³-hybridized carbons (Fsp3) is 0.478. The van der Waals surface area contributed by atoms with Crippen molar-refractivity contribution in [2.24, 2.45) is 5.92 Å². The quantitative estimate of drug-likeness (QED) is 0.828. The molecule has 0 radical (unpaired) electrons. The van der Waals surface area contributed by atoms with Crippen molar-refractivity contribution in [3.05, 3.63) is 70.8 Å². The number of hydrogen-bond acceptors (Lipinski definition) is 1. The standard InChI is InChI=1S/C23H28O/c1-17-8-11-21-19(14-17)9-10-20-16-22(2,24)12-13-23(20,21)15-18-6-4-3-5-7-18/h3-8,11,14,20,24H,9-10,12-13,15-16H2,1-2H3/t20?,22-,23+/m1/s1. The molecule has 0 aromatic heterocycles. The number of benzene rings is 2. The monoisotopic (exact) mass is 320 g/mol. The second-order valence-electron chi connectivity index (χ2n) is 8.42. The van der Waals surface area contributed by atoms with Crippen LogP contribution in [0, 0.1) is 12.8 Å². The third-order valence-electron chi connectivity index (χ3n) is 6.50. The van der Waals surface area contributed by atoms with Crippen LogP contribution in [0.25, 0.3) is 0 Å². The van der Waals surface area contributed by atoms with E-state index in [1.54, 1.807) is 11.1 Å². The SMILES string of the molecule is Cc1ccc2c(c1)CCC1C[C@](C)(O)CC[C@@]21Cc1ccccc1. The summed E-state index contributed by atoms with van der Waals surface area (Å²) in [5.41, 5.74) is 5.60. The van der Waals surface area contributed by atoms with Crippen molar-refractivity contribution in [1.29, 1.82) is 0 Å². The predicted octanol–water partition coefficient (Wildman–Crippen LogP) is 4.97. The van der Waals surface area contributed by atoms with Gasteiger partial charge in [-0.15, -0.1) is 0 Å². The lowest BCUT2D eigenvalue weighted by Gasteiger charge is -2.53. The minimum absolute atomic E-state index is 0.199. The molecule has 0 saturated heterocycles. The van der Waals surface area contributed by atoms with Gasteiger partial charge in [-0.05, 0) is 75.0 Å². The molecule has 0 aliphatic heterocycles. The third kappa shape index (κ3) is 2.69. The first-order chi connectivity index (χ1) is 11.5. The van der Waals surface area contributed by atoms with Crippen molar-refractivity contribution in [1.82, 2.24) is 0 Å². The highest BCUT2D eigenvalue weighted by Crippen LogP contribution is 2.54. The predicted molar refractivity (Wildman–Crippen MR) is 99.3 cm³/mol. The average Bonchev–Trinajstić information content (AvgIpc) is 2.56. The highest BCUT2D eigenvalue weighted by molar-refractivity contribution is 5.42. The summed E-state index contributed by atoms with van der Waals surface area (Å²) in [6.45, 7) is 4.23. The molecule has 0 bridgehead atoms. The van der Waals surface area contributed by atoms with E-state index in [0.29, 0.717) is 5.92 Å². The zero-order valence-electron chi connectivity index (χ0n) is 14.9. The van der Waals surface area contributed by atoms with E-state index in [0.717, 1.165) is 32.1 Å². The van der Waals surface area contributed by atoms with Gasteiger partial charge in [-0.2, -0.15) is 0 Å². The minimum Gasteiger partial charge on any atom is -0.390 e. The van der Waals surface area contributed by atoms with Crippen LogP contribution in [0.1, 0.15) is 54.9 Å². The lowest BCUT2D eigenvalue weighted by atomic mass is 9.53. The Hall–Kier alpha value is -1.60. The summed E-state index contributed by atoms with van der Waals surface area (Å²) in [4.78, 5) is 0. The van der Waals surface area contributed by atoms with Gasteiger partial charge in [-0.25, -0.2) is 0 Å². The molecule has 3 atom stereocenters. The molecule has 24 heavy (non-hydrogen) atoms. The Morgan fingerprint density at radius 3 is 2.67 bits per heavy atom. The number of aryl methyl sites for hydroxylation is 2. The summed E-state index contributed by atoms with van der Waals surface area (Å²) in [7, 11) is 0. The maximum absolute atomic E-state index is 10.7. The molecule has 2 aromatic rings. The highest BCUT2D eigenvalue weighted by Gasteiger charge is 2.50. The van der Waals surface area contributed by atoms with Gasteiger partial charge in [0, 0.05) is 5.41 Å². The fourth-order valence-electron chi connectivity index (χ4n) is 5.29. The van der Waals surface area contributed by atoms with E-state index in [2.05, 4.69) is 55.5 Å². The maximum atomic E-state index is 10.7. The molecule has 4 rings (SSSR count). The summed E-state index contributed by atoms with van der Waals surface area (Å²) in [6, 6.07) is 18.0. The second-order valence-corrected chi connectivity index (χ2v) is 8.42. The first kappa shape index (κ1) is 15.9.